The fourth-order valence-electron chi connectivity index (χ4n) is 10.5. The lowest BCUT2D eigenvalue weighted by Crippen LogP contribution is -2.26. The highest BCUT2D eigenvalue weighted by Gasteiger charge is 2.52. The average Bonchev–Trinajstić information content (AvgIpc) is 3.99. The molecule has 2 aromatic heterocycles. The van der Waals surface area contributed by atoms with Crippen LogP contribution in [0.15, 0.2) is 212 Å². The zero-order valence-corrected chi connectivity index (χ0v) is 34.3. The third kappa shape index (κ3) is 5.02. The van der Waals surface area contributed by atoms with Crippen LogP contribution in [0.5, 0.6) is 0 Å². The zero-order valence-electron chi connectivity index (χ0n) is 33.5. The average molecular weight is 806 g/mol. The van der Waals surface area contributed by atoms with Gasteiger partial charge in [0.25, 0.3) is 0 Å². The van der Waals surface area contributed by atoms with E-state index in [2.05, 4.69) is 194 Å². The maximum absolute atomic E-state index is 5.37. The van der Waals surface area contributed by atoms with Crippen LogP contribution in [0.3, 0.4) is 0 Å². The van der Waals surface area contributed by atoms with Gasteiger partial charge in [0.05, 0.1) is 5.41 Å². The molecule has 0 unspecified atom stereocenters. The van der Waals surface area contributed by atoms with Gasteiger partial charge in [-0.15, -0.1) is 11.3 Å². The van der Waals surface area contributed by atoms with Crippen LogP contribution in [0.4, 0.5) is 0 Å². The van der Waals surface area contributed by atoms with Crippen LogP contribution in [0.25, 0.3) is 98.8 Å². The number of hydrogen-bond donors (Lipinski definition) is 0. The first kappa shape index (κ1) is 35.0. The van der Waals surface area contributed by atoms with Gasteiger partial charge in [0.1, 0.15) is 0 Å². The highest BCUT2D eigenvalue weighted by atomic mass is 32.1. The molecule has 4 heteroatoms. The highest BCUT2D eigenvalue weighted by Crippen LogP contribution is 2.64. The van der Waals surface area contributed by atoms with E-state index >= 15 is 0 Å². The summed E-state index contributed by atoms with van der Waals surface area (Å²) in [5.74, 6) is 1.91. The number of benzene rings is 9. The fourth-order valence-corrected chi connectivity index (χ4v) is 11.6. The first-order valence-electron chi connectivity index (χ1n) is 21.1. The van der Waals surface area contributed by atoms with Crippen molar-refractivity contribution in [1.29, 1.82) is 0 Å². The second kappa shape index (κ2) is 13.6. The lowest BCUT2D eigenvalue weighted by Gasteiger charge is -2.32. The second-order valence-electron chi connectivity index (χ2n) is 16.2. The molecule has 0 amide bonds. The molecule has 0 N–H and O–H groups in total. The predicted molar refractivity (Wildman–Crippen MR) is 256 cm³/mol. The summed E-state index contributed by atoms with van der Waals surface area (Å²) in [5, 5.41) is 2.52. The first-order valence-corrected chi connectivity index (χ1v) is 21.9. The molecule has 1 spiro atoms. The van der Waals surface area contributed by atoms with Gasteiger partial charge >= 0.3 is 0 Å². The summed E-state index contributed by atoms with van der Waals surface area (Å²) in [6, 6.07) is 76.7. The van der Waals surface area contributed by atoms with Crippen LogP contribution < -0.4 is 0 Å². The topological polar surface area (TPSA) is 38.7 Å². The van der Waals surface area contributed by atoms with Gasteiger partial charge in [-0.3, -0.25) is 0 Å². The molecule has 0 saturated heterocycles. The molecular weight excluding hydrogens is 771 g/mol. The predicted octanol–water partition coefficient (Wildman–Crippen LogP) is 14.9. The number of hydrogen-bond acceptors (Lipinski definition) is 4. The molecule has 288 valence electrons. The van der Waals surface area contributed by atoms with Crippen LogP contribution in [-0.4, -0.2) is 15.0 Å². The van der Waals surface area contributed by atoms with Crippen molar-refractivity contribution in [3.8, 4) is 78.7 Å². The third-order valence-electron chi connectivity index (χ3n) is 13.0. The van der Waals surface area contributed by atoms with Gasteiger partial charge in [-0.25, -0.2) is 15.0 Å². The van der Waals surface area contributed by atoms with Gasteiger partial charge in [0.15, 0.2) is 17.5 Å². The van der Waals surface area contributed by atoms with Crippen LogP contribution in [-0.2, 0) is 5.41 Å². The van der Waals surface area contributed by atoms with Gasteiger partial charge in [0, 0.05) is 36.9 Å². The van der Waals surface area contributed by atoms with Crippen molar-refractivity contribution in [2.24, 2.45) is 0 Å². The van der Waals surface area contributed by atoms with Crippen LogP contribution in [0.2, 0.25) is 0 Å². The van der Waals surface area contributed by atoms with E-state index in [1.165, 1.54) is 75.8 Å². The standard InChI is InChI=1S/C58H35N3S/c1-2-17-36(18-3-1)55-59-56(61-57(60-55)46-25-5-4-21-40(46)44-28-16-34-52-53(44)47-26-9-13-33-51(47)62-52)38-20-14-19-37(35-38)39-27-15-29-45-43-24-8-12-32-50(43)58(54(39)45)48-30-10-6-22-41(48)42-23-7-11-31-49(42)58/h1-35H. The Morgan fingerprint density at radius 1 is 0.306 bits per heavy atom. The fraction of sp³-hybridized carbons (Fsp3) is 0.0172. The van der Waals surface area contributed by atoms with Crippen molar-refractivity contribution in [3.05, 3.63) is 235 Å². The molecule has 11 aromatic rings. The molecule has 2 aliphatic rings. The van der Waals surface area contributed by atoms with Gasteiger partial charge < -0.3 is 0 Å². The largest absolute Gasteiger partial charge is 0.208 e. The van der Waals surface area contributed by atoms with Crippen molar-refractivity contribution in [3.63, 3.8) is 0 Å². The van der Waals surface area contributed by atoms with Gasteiger partial charge in [-0.2, -0.15) is 0 Å². The smallest absolute Gasteiger partial charge is 0.164 e. The van der Waals surface area contributed by atoms with Crippen molar-refractivity contribution in [2.75, 3.05) is 0 Å². The Bertz CT molecular complexity index is 3540. The summed E-state index contributed by atoms with van der Waals surface area (Å²) in [7, 11) is 0. The number of fused-ring (bicyclic) bond motifs is 13. The van der Waals surface area contributed by atoms with Gasteiger partial charge in [0.2, 0.25) is 0 Å². The SMILES string of the molecule is c1ccc(-c2nc(-c3cccc(-c4cccc5c4C4(c6ccccc6-c6ccccc64)c4ccccc4-5)c3)nc(-c3ccccc3-c3cccc4sc5ccccc5c34)n2)cc1. The maximum atomic E-state index is 5.37. The summed E-state index contributed by atoms with van der Waals surface area (Å²) in [6.45, 7) is 0. The van der Waals surface area contributed by atoms with E-state index in [0.29, 0.717) is 17.5 Å². The van der Waals surface area contributed by atoms with E-state index in [1.54, 1.807) is 0 Å². The highest BCUT2D eigenvalue weighted by molar-refractivity contribution is 7.25. The normalized spacial score (nSPS) is 13.0. The van der Waals surface area contributed by atoms with Gasteiger partial charge in [-0.1, -0.05) is 194 Å². The summed E-state index contributed by atoms with van der Waals surface area (Å²) in [6.07, 6.45) is 0. The van der Waals surface area contributed by atoms with E-state index in [1.807, 2.05) is 29.5 Å². The summed E-state index contributed by atoms with van der Waals surface area (Å²) in [5.41, 5.74) is 17.4. The summed E-state index contributed by atoms with van der Waals surface area (Å²) in [4.78, 5) is 15.8. The maximum Gasteiger partial charge on any atom is 0.164 e. The molecule has 0 aliphatic heterocycles. The van der Waals surface area contributed by atoms with Crippen LogP contribution in [0.1, 0.15) is 22.3 Å². The summed E-state index contributed by atoms with van der Waals surface area (Å²) < 4.78 is 2.54. The Kier molecular flexibility index (Phi) is 7.69. The molecule has 62 heavy (non-hydrogen) atoms. The lowest BCUT2D eigenvalue weighted by atomic mass is 9.68. The Morgan fingerprint density at radius 3 is 1.52 bits per heavy atom. The molecule has 0 saturated carbocycles. The Balaban J connectivity index is 1.02. The molecule has 3 nitrogen and oxygen atoms in total. The molecule has 2 heterocycles. The van der Waals surface area contributed by atoms with E-state index in [9.17, 15) is 0 Å². The third-order valence-corrected chi connectivity index (χ3v) is 14.1. The summed E-state index contributed by atoms with van der Waals surface area (Å²) >= 11 is 1.83. The lowest BCUT2D eigenvalue weighted by molar-refractivity contribution is 0.796. The minimum absolute atomic E-state index is 0.465. The van der Waals surface area contributed by atoms with E-state index in [-0.39, 0.29) is 0 Å². The number of aromatic nitrogens is 3. The van der Waals surface area contributed by atoms with Crippen molar-refractivity contribution < 1.29 is 0 Å². The number of rotatable bonds is 5. The Labute approximate surface area is 363 Å². The minimum atomic E-state index is -0.465. The van der Waals surface area contributed by atoms with E-state index in [0.717, 1.165) is 27.8 Å². The van der Waals surface area contributed by atoms with E-state index < -0.39 is 5.41 Å². The van der Waals surface area contributed by atoms with Crippen molar-refractivity contribution in [1.82, 2.24) is 15.0 Å². The molecule has 0 fully saturated rings. The van der Waals surface area contributed by atoms with Crippen LogP contribution >= 0.6 is 11.3 Å². The second-order valence-corrected chi connectivity index (χ2v) is 17.3. The van der Waals surface area contributed by atoms with Crippen molar-refractivity contribution in [2.45, 2.75) is 5.41 Å². The molecular formula is C58H35N3S. The Morgan fingerprint density at radius 2 is 0.774 bits per heavy atom. The van der Waals surface area contributed by atoms with Gasteiger partial charge in [-0.05, 0) is 85.0 Å². The number of thiophene rings is 1. The Hall–Kier alpha value is -7.79. The zero-order chi connectivity index (χ0) is 40.8. The number of nitrogens with zero attached hydrogens (tertiary/aromatic N) is 3. The first-order chi connectivity index (χ1) is 30.8. The quantitative estimate of drug-likeness (QED) is 0.174. The molecule has 2 aliphatic carbocycles. The van der Waals surface area contributed by atoms with Crippen LogP contribution in [0, 0.1) is 0 Å². The molecule has 13 rings (SSSR count). The minimum Gasteiger partial charge on any atom is -0.208 e. The monoisotopic (exact) mass is 805 g/mol. The molecule has 0 radical (unpaired) electrons. The van der Waals surface area contributed by atoms with E-state index in [4.69, 9.17) is 15.0 Å². The van der Waals surface area contributed by atoms with Crippen molar-refractivity contribution >= 4 is 31.5 Å². The molecule has 9 aromatic carbocycles. The molecule has 0 bridgehead atoms. The molecule has 0 atom stereocenters.